The topological polar surface area (TPSA) is 93.4 Å². The van der Waals surface area contributed by atoms with Crippen LogP contribution in [0.1, 0.15) is 54.1 Å². The van der Waals surface area contributed by atoms with Crippen molar-refractivity contribution in [2.75, 3.05) is 19.3 Å². The molecule has 0 spiro atoms. The molecule has 7 nitrogen and oxygen atoms in total. The molecule has 3 heterocycles. The molecular weight excluding hydrogens is 362 g/mol. The van der Waals surface area contributed by atoms with Crippen LogP contribution in [-0.4, -0.2) is 48.2 Å². The number of carbonyl (C=O) groups excluding carboxylic acids is 1. The Morgan fingerprint density at radius 1 is 1.44 bits per heavy atom. The summed E-state index contributed by atoms with van der Waals surface area (Å²) < 4.78 is 33.4. The van der Waals surface area contributed by atoms with Gasteiger partial charge in [-0.2, -0.15) is 0 Å². The Morgan fingerprint density at radius 3 is 2.96 bits per heavy atom. The number of likely N-dealkylation sites (tertiary alicyclic amines) is 1. The van der Waals surface area contributed by atoms with Crippen LogP contribution in [-0.2, 0) is 16.3 Å². The second kappa shape index (κ2) is 7.25. The highest BCUT2D eigenvalue weighted by Gasteiger charge is 2.32. The first-order valence-electron chi connectivity index (χ1n) is 8.30. The number of carbonyl (C=O) groups is 1. The molecule has 0 unspecified atom stereocenters. The van der Waals surface area contributed by atoms with Gasteiger partial charge in [-0.1, -0.05) is 11.4 Å². The molecule has 1 saturated heterocycles. The Kier molecular flexibility index (Phi) is 5.24. The maximum Gasteiger partial charge on any atom is 0.289 e. The molecule has 3 rings (SSSR count). The van der Waals surface area contributed by atoms with E-state index in [9.17, 15) is 13.2 Å². The van der Waals surface area contributed by atoms with E-state index < -0.39 is 9.84 Å². The highest BCUT2D eigenvalue weighted by Crippen LogP contribution is 2.32. The Bertz CT molecular complexity index is 856. The molecule has 1 aliphatic heterocycles. The molecule has 2 aromatic rings. The van der Waals surface area contributed by atoms with Crippen molar-refractivity contribution in [3.8, 4) is 0 Å². The highest BCUT2D eigenvalue weighted by molar-refractivity contribution is 7.92. The quantitative estimate of drug-likeness (QED) is 0.787. The summed E-state index contributed by atoms with van der Waals surface area (Å²) in [6, 6.07) is 3.55. The molecule has 0 N–H and O–H groups in total. The summed E-state index contributed by atoms with van der Waals surface area (Å²) in [6.45, 7) is 3.11. The van der Waals surface area contributed by atoms with Gasteiger partial charge in [0.15, 0.2) is 19.8 Å². The third kappa shape index (κ3) is 3.92. The lowest BCUT2D eigenvalue weighted by atomic mass is 9.95. The van der Waals surface area contributed by atoms with Crippen molar-refractivity contribution in [3.05, 3.63) is 29.3 Å². The van der Waals surface area contributed by atoms with Crippen molar-refractivity contribution in [2.45, 2.75) is 42.7 Å². The summed E-state index contributed by atoms with van der Waals surface area (Å²) in [7, 11) is -3.36. The molecule has 0 aliphatic carbocycles. The first kappa shape index (κ1) is 18.1. The number of hydrogen-bond acceptors (Lipinski definition) is 7. The van der Waals surface area contributed by atoms with Gasteiger partial charge in [-0.05, 0) is 31.4 Å². The number of aryl methyl sites for hydroxylation is 1. The van der Waals surface area contributed by atoms with Crippen LogP contribution in [0.3, 0.4) is 0 Å². The van der Waals surface area contributed by atoms with E-state index in [1.54, 1.807) is 11.0 Å². The van der Waals surface area contributed by atoms with E-state index in [0.717, 1.165) is 49.2 Å². The largest absolute Gasteiger partial charge is 0.456 e. The molecule has 9 heteroatoms. The zero-order chi connectivity index (χ0) is 18.0. The Hall–Kier alpha value is -1.74. The smallest absolute Gasteiger partial charge is 0.289 e. The van der Waals surface area contributed by atoms with Crippen LogP contribution in [0.2, 0.25) is 0 Å². The molecule has 1 amide bonds. The SMILES string of the molecule is CCCc1ccc(C(=O)N2CCC[C@H](c3nnsc3S(C)(=O)=O)C2)o1. The number of aromatic nitrogens is 2. The standard InChI is InChI=1S/C16H21N3O4S2/c1-3-5-12-7-8-13(23-12)15(20)19-9-4-6-11(10-19)14-16(24-18-17-14)25(2,21)22/h7-8,11H,3-6,9-10H2,1-2H3/t11-/m0/s1. The molecule has 1 aliphatic rings. The molecule has 0 radical (unpaired) electrons. The number of piperidine rings is 1. The zero-order valence-electron chi connectivity index (χ0n) is 14.3. The molecule has 1 fully saturated rings. The third-order valence-corrected chi connectivity index (χ3v) is 6.84. The average Bonchev–Trinajstić information content (AvgIpc) is 3.23. The molecular formula is C16H21N3O4S2. The number of rotatable bonds is 5. The van der Waals surface area contributed by atoms with Crippen molar-refractivity contribution in [3.63, 3.8) is 0 Å². The van der Waals surface area contributed by atoms with Gasteiger partial charge in [0, 0.05) is 43.2 Å². The van der Waals surface area contributed by atoms with E-state index >= 15 is 0 Å². The number of hydrogen-bond donors (Lipinski definition) is 0. The number of sulfone groups is 1. The maximum atomic E-state index is 12.7. The van der Waals surface area contributed by atoms with Gasteiger partial charge in [0.05, 0.1) is 5.69 Å². The second-order valence-electron chi connectivity index (χ2n) is 6.32. The number of furan rings is 1. The normalized spacial score (nSPS) is 18.5. The minimum absolute atomic E-state index is 0.119. The summed E-state index contributed by atoms with van der Waals surface area (Å²) in [4.78, 5) is 14.4. The Balaban J connectivity index is 1.77. The van der Waals surface area contributed by atoms with Gasteiger partial charge in [-0.25, -0.2) is 8.42 Å². The van der Waals surface area contributed by atoms with Crippen LogP contribution in [0, 0.1) is 0 Å². The van der Waals surface area contributed by atoms with E-state index in [4.69, 9.17) is 4.42 Å². The molecule has 25 heavy (non-hydrogen) atoms. The van der Waals surface area contributed by atoms with E-state index in [-0.39, 0.29) is 16.0 Å². The van der Waals surface area contributed by atoms with Gasteiger partial charge in [-0.15, -0.1) is 5.10 Å². The van der Waals surface area contributed by atoms with Crippen molar-refractivity contribution in [1.82, 2.24) is 14.5 Å². The lowest BCUT2D eigenvalue weighted by molar-refractivity contribution is 0.0671. The van der Waals surface area contributed by atoms with Crippen LogP contribution in [0.5, 0.6) is 0 Å². The van der Waals surface area contributed by atoms with Crippen LogP contribution >= 0.6 is 11.5 Å². The van der Waals surface area contributed by atoms with Gasteiger partial charge in [-0.3, -0.25) is 4.79 Å². The number of nitrogens with zero attached hydrogens (tertiary/aromatic N) is 3. The monoisotopic (exact) mass is 383 g/mol. The summed E-state index contributed by atoms with van der Waals surface area (Å²) in [5.41, 5.74) is 0.483. The molecule has 136 valence electrons. The van der Waals surface area contributed by atoms with Crippen LogP contribution < -0.4 is 0 Å². The minimum Gasteiger partial charge on any atom is -0.456 e. The lowest BCUT2D eigenvalue weighted by Crippen LogP contribution is -2.39. The first-order valence-corrected chi connectivity index (χ1v) is 11.0. The van der Waals surface area contributed by atoms with Crippen molar-refractivity contribution < 1.29 is 17.6 Å². The summed E-state index contributed by atoms with van der Waals surface area (Å²) in [5, 5.41) is 4.03. The van der Waals surface area contributed by atoms with Crippen molar-refractivity contribution in [1.29, 1.82) is 0 Å². The molecule has 0 aromatic carbocycles. The lowest BCUT2D eigenvalue weighted by Gasteiger charge is -2.31. The summed E-state index contributed by atoms with van der Waals surface area (Å²) in [6.07, 6.45) is 4.50. The van der Waals surface area contributed by atoms with Gasteiger partial charge < -0.3 is 9.32 Å². The van der Waals surface area contributed by atoms with Crippen LogP contribution in [0.15, 0.2) is 20.8 Å². The third-order valence-electron chi connectivity index (χ3n) is 4.28. The van der Waals surface area contributed by atoms with E-state index in [2.05, 4.69) is 16.5 Å². The van der Waals surface area contributed by atoms with E-state index in [1.165, 1.54) is 0 Å². The average molecular weight is 383 g/mol. The van der Waals surface area contributed by atoms with Gasteiger partial charge in [0.25, 0.3) is 5.91 Å². The molecule has 0 bridgehead atoms. The molecule has 1 atom stereocenters. The molecule has 0 saturated carbocycles. The first-order chi connectivity index (χ1) is 11.9. The minimum atomic E-state index is -3.36. The maximum absolute atomic E-state index is 12.7. The highest BCUT2D eigenvalue weighted by atomic mass is 32.2. The second-order valence-corrected chi connectivity index (χ2v) is 9.29. The predicted molar refractivity (Wildman–Crippen MR) is 93.6 cm³/mol. The van der Waals surface area contributed by atoms with Gasteiger partial charge >= 0.3 is 0 Å². The fourth-order valence-electron chi connectivity index (χ4n) is 3.11. The van der Waals surface area contributed by atoms with E-state index in [1.807, 2.05) is 6.07 Å². The van der Waals surface area contributed by atoms with E-state index in [0.29, 0.717) is 24.5 Å². The summed E-state index contributed by atoms with van der Waals surface area (Å²) >= 11 is 0.894. The van der Waals surface area contributed by atoms with Crippen LogP contribution in [0.25, 0.3) is 0 Å². The van der Waals surface area contributed by atoms with Crippen molar-refractivity contribution >= 4 is 27.3 Å². The zero-order valence-corrected chi connectivity index (χ0v) is 15.9. The summed E-state index contributed by atoms with van der Waals surface area (Å²) in [5.74, 6) is 0.869. The Morgan fingerprint density at radius 2 is 2.24 bits per heavy atom. The number of amides is 1. The van der Waals surface area contributed by atoms with Gasteiger partial charge in [0.1, 0.15) is 5.76 Å². The Labute approximate surface area is 151 Å². The van der Waals surface area contributed by atoms with Crippen LogP contribution in [0.4, 0.5) is 0 Å². The fourth-order valence-corrected chi connectivity index (χ4v) is 4.84. The molecule has 2 aromatic heterocycles. The fraction of sp³-hybridized carbons (Fsp3) is 0.562. The predicted octanol–water partition coefficient (Wildman–Crippen LogP) is 2.51. The van der Waals surface area contributed by atoms with Crippen molar-refractivity contribution in [2.24, 2.45) is 0 Å². The van der Waals surface area contributed by atoms with Gasteiger partial charge in [0.2, 0.25) is 0 Å².